The monoisotopic (exact) mass is 277 g/mol. The SMILES string of the molecule is C[Si]1(C)CC[Si](C)(C)N1c1cc(F)[c-]c(F)c1.[Li+]. The number of rotatable bonds is 1. The van der Waals surface area contributed by atoms with Gasteiger partial charge in [-0.05, 0) is 12.1 Å². The molecule has 0 N–H and O–H groups in total. The summed E-state index contributed by atoms with van der Waals surface area (Å²) in [6.45, 7) is 9.12. The smallest absolute Gasteiger partial charge is 0.444 e. The fourth-order valence-corrected chi connectivity index (χ4v) is 17.2. The predicted octanol–water partition coefficient (Wildman–Crippen LogP) is 0.999. The fourth-order valence-electron chi connectivity index (χ4n) is 2.97. The van der Waals surface area contributed by atoms with Crippen molar-refractivity contribution >= 4 is 22.2 Å². The second-order valence-electron chi connectivity index (χ2n) is 5.99. The van der Waals surface area contributed by atoms with Gasteiger partial charge in [-0.2, -0.15) is 0 Å². The maximum Gasteiger partial charge on any atom is 1.00 e. The Morgan fingerprint density at radius 3 is 1.78 bits per heavy atom. The first-order chi connectivity index (χ1) is 7.72. The molecule has 6 heteroatoms. The molecule has 0 aromatic heterocycles. The van der Waals surface area contributed by atoms with Gasteiger partial charge in [-0.25, -0.2) is 8.78 Å². The van der Waals surface area contributed by atoms with Gasteiger partial charge in [0.25, 0.3) is 0 Å². The zero-order valence-electron chi connectivity index (χ0n) is 11.8. The molecule has 18 heavy (non-hydrogen) atoms. The summed E-state index contributed by atoms with van der Waals surface area (Å²) in [5, 5.41) is 0. The van der Waals surface area contributed by atoms with Crippen LogP contribution in [-0.4, -0.2) is 16.5 Å². The van der Waals surface area contributed by atoms with Crippen LogP contribution >= 0.6 is 0 Å². The topological polar surface area (TPSA) is 3.24 Å². The minimum absolute atomic E-state index is 0. The van der Waals surface area contributed by atoms with E-state index < -0.39 is 28.1 Å². The normalized spacial score (nSPS) is 20.7. The van der Waals surface area contributed by atoms with Crippen LogP contribution in [0, 0.1) is 17.7 Å². The van der Waals surface area contributed by atoms with Crippen LogP contribution in [0.1, 0.15) is 0 Å². The maximum atomic E-state index is 13.3. The van der Waals surface area contributed by atoms with Crippen LogP contribution in [0.5, 0.6) is 0 Å². The molecule has 0 bridgehead atoms. The zero-order chi connectivity index (χ0) is 12.8. The molecule has 0 unspecified atom stereocenters. The largest absolute Gasteiger partial charge is 1.00 e. The van der Waals surface area contributed by atoms with Crippen molar-refractivity contribution in [1.82, 2.24) is 0 Å². The van der Waals surface area contributed by atoms with Crippen LogP contribution in [0.2, 0.25) is 38.3 Å². The number of hydrogen-bond donors (Lipinski definition) is 0. The number of halogens is 2. The van der Waals surface area contributed by atoms with E-state index in [1.165, 1.54) is 24.2 Å². The van der Waals surface area contributed by atoms with Crippen molar-refractivity contribution in [3.05, 3.63) is 29.8 Å². The summed E-state index contributed by atoms with van der Waals surface area (Å²) in [5.41, 5.74) is 0.726. The van der Waals surface area contributed by atoms with E-state index in [0.717, 1.165) is 5.69 Å². The second-order valence-corrected chi connectivity index (χ2v) is 15.6. The van der Waals surface area contributed by atoms with Gasteiger partial charge in [0.2, 0.25) is 0 Å². The summed E-state index contributed by atoms with van der Waals surface area (Å²) in [7, 11) is -3.09. The Balaban J connectivity index is 0.00000162. The van der Waals surface area contributed by atoms with Crippen LogP contribution in [0.25, 0.3) is 0 Å². The van der Waals surface area contributed by atoms with Gasteiger partial charge in [0.05, 0.1) is 0 Å². The molecule has 1 aliphatic heterocycles. The van der Waals surface area contributed by atoms with Crippen LogP contribution in [0.3, 0.4) is 0 Å². The fraction of sp³-hybridized carbons (Fsp3) is 0.500. The third-order valence-electron chi connectivity index (χ3n) is 3.61. The van der Waals surface area contributed by atoms with Crippen LogP contribution in [-0.2, 0) is 0 Å². The van der Waals surface area contributed by atoms with Crippen LogP contribution < -0.4 is 23.1 Å². The molecule has 1 saturated heterocycles. The molecule has 1 aromatic rings. The van der Waals surface area contributed by atoms with E-state index >= 15 is 0 Å². The van der Waals surface area contributed by atoms with E-state index in [-0.39, 0.29) is 18.9 Å². The number of nitrogens with zero attached hydrogens (tertiary/aromatic N) is 1. The molecule has 0 radical (unpaired) electrons. The van der Waals surface area contributed by atoms with E-state index in [0.29, 0.717) is 0 Å². The van der Waals surface area contributed by atoms with Gasteiger partial charge in [-0.1, -0.05) is 31.9 Å². The molecule has 1 nitrogen and oxygen atoms in total. The summed E-state index contributed by atoms with van der Waals surface area (Å²) in [4.78, 5) is 0. The van der Waals surface area contributed by atoms with Crippen LogP contribution in [0.15, 0.2) is 12.1 Å². The predicted molar refractivity (Wildman–Crippen MR) is 72.3 cm³/mol. The molecule has 0 amide bonds. The van der Waals surface area contributed by atoms with E-state index in [4.69, 9.17) is 0 Å². The number of anilines is 1. The quantitative estimate of drug-likeness (QED) is 0.547. The summed E-state index contributed by atoms with van der Waals surface area (Å²) in [6, 6.07) is 7.35. The third-order valence-corrected chi connectivity index (χ3v) is 13.6. The Morgan fingerprint density at radius 2 is 1.39 bits per heavy atom. The first kappa shape index (κ1) is 16.0. The van der Waals surface area contributed by atoms with E-state index in [1.54, 1.807) is 0 Å². The Hall–Kier alpha value is -0.0888. The Kier molecular flexibility index (Phi) is 4.54. The first-order valence-electron chi connectivity index (χ1n) is 5.91. The van der Waals surface area contributed by atoms with E-state index in [2.05, 4.69) is 36.5 Å². The van der Waals surface area contributed by atoms with Crippen molar-refractivity contribution in [3.8, 4) is 0 Å². The molecule has 0 atom stereocenters. The van der Waals surface area contributed by atoms with Gasteiger partial charge in [-0.3, -0.25) is 0 Å². The summed E-state index contributed by atoms with van der Waals surface area (Å²) >= 11 is 0. The molecule has 94 valence electrons. The van der Waals surface area contributed by atoms with E-state index in [9.17, 15) is 8.78 Å². The molecule has 1 aromatic carbocycles. The van der Waals surface area contributed by atoms with Gasteiger partial charge in [0, 0.05) is 11.6 Å². The number of hydrogen-bond acceptors (Lipinski definition) is 1. The minimum Gasteiger partial charge on any atom is -0.444 e. The van der Waals surface area contributed by atoms with Crippen molar-refractivity contribution in [2.24, 2.45) is 0 Å². The number of benzene rings is 1. The Bertz CT molecular complexity index is 415. The van der Waals surface area contributed by atoms with Gasteiger partial charge >= 0.3 is 18.9 Å². The van der Waals surface area contributed by atoms with Crippen molar-refractivity contribution in [3.63, 3.8) is 0 Å². The van der Waals surface area contributed by atoms with E-state index in [1.807, 2.05) is 0 Å². The van der Waals surface area contributed by atoms with Gasteiger partial charge < -0.3 is 4.23 Å². The average molecular weight is 277 g/mol. The standard InChI is InChI=1S/C12H18F2NSi2.Li/c1-16(2)5-6-17(3,4)15(16)12-8-10(13)7-11(14)9-12;/h8-9H,5-6H2,1-4H3;/q-1;+1. The Labute approximate surface area is 122 Å². The average Bonchev–Trinajstić information content (AvgIpc) is 2.33. The molecular weight excluding hydrogens is 259 g/mol. The van der Waals surface area contributed by atoms with Crippen molar-refractivity contribution < 1.29 is 27.6 Å². The molecule has 2 rings (SSSR count). The molecular formula is C12H18F2LiNSi2. The summed E-state index contributed by atoms with van der Waals surface area (Å²) in [6.07, 6.45) is 0. The summed E-state index contributed by atoms with van der Waals surface area (Å²) < 4.78 is 29.0. The second kappa shape index (κ2) is 5.12. The first-order valence-corrected chi connectivity index (χ1v) is 12.2. The third kappa shape index (κ3) is 2.90. The molecule has 0 saturated carbocycles. The van der Waals surface area contributed by atoms with Crippen molar-refractivity contribution in [2.75, 3.05) is 4.23 Å². The zero-order valence-corrected chi connectivity index (χ0v) is 13.8. The van der Waals surface area contributed by atoms with Crippen molar-refractivity contribution in [1.29, 1.82) is 0 Å². The van der Waals surface area contributed by atoms with Crippen LogP contribution in [0.4, 0.5) is 14.5 Å². The summed E-state index contributed by atoms with van der Waals surface area (Å²) in [5.74, 6) is -1.19. The van der Waals surface area contributed by atoms with Gasteiger partial charge in [0.15, 0.2) is 0 Å². The molecule has 0 aliphatic carbocycles. The molecule has 1 heterocycles. The minimum atomic E-state index is -1.54. The van der Waals surface area contributed by atoms with Crippen molar-refractivity contribution in [2.45, 2.75) is 38.3 Å². The molecule has 1 aliphatic rings. The maximum absolute atomic E-state index is 13.3. The Morgan fingerprint density at radius 1 is 1.00 bits per heavy atom. The van der Waals surface area contributed by atoms with Gasteiger partial charge in [-0.15, -0.1) is 18.2 Å². The molecule has 0 spiro atoms. The van der Waals surface area contributed by atoms with Gasteiger partial charge in [0.1, 0.15) is 16.5 Å². The molecule has 1 fully saturated rings.